The van der Waals surface area contributed by atoms with E-state index in [1.165, 1.54) is 0 Å². The van der Waals surface area contributed by atoms with Gasteiger partial charge in [-0.2, -0.15) is 0 Å². The number of nitrogens with zero attached hydrogens (tertiary/aromatic N) is 3. The Morgan fingerprint density at radius 3 is 2.88 bits per heavy atom. The van der Waals surface area contributed by atoms with Crippen LogP contribution in [-0.4, -0.2) is 25.6 Å². The highest BCUT2D eigenvalue weighted by atomic mass is 16.4. The molecule has 0 saturated carbocycles. The summed E-state index contributed by atoms with van der Waals surface area (Å²) in [5.41, 5.74) is 1.62. The number of carboxylic acid groups (broad SMARTS) is 1. The zero-order chi connectivity index (χ0) is 12.4. The summed E-state index contributed by atoms with van der Waals surface area (Å²) >= 11 is 0. The van der Waals surface area contributed by atoms with Gasteiger partial charge in [0.1, 0.15) is 12.1 Å². The number of aryl methyl sites for hydroxylation is 1. The van der Waals surface area contributed by atoms with Gasteiger partial charge in [0, 0.05) is 12.4 Å². The molecule has 17 heavy (non-hydrogen) atoms. The second-order valence-corrected chi connectivity index (χ2v) is 3.96. The van der Waals surface area contributed by atoms with Crippen LogP contribution in [0, 0.1) is 6.92 Å². The van der Waals surface area contributed by atoms with Gasteiger partial charge in [-0.1, -0.05) is 0 Å². The number of imidazole rings is 1. The van der Waals surface area contributed by atoms with E-state index >= 15 is 0 Å². The van der Waals surface area contributed by atoms with Crippen LogP contribution in [0.15, 0.2) is 30.9 Å². The molecule has 0 bridgehead atoms. The minimum Gasteiger partial charge on any atom is -0.481 e. The third kappa shape index (κ3) is 2.33. The molecule has 0 aliphatic carbocycles. The van der Waals surface area contributed by atoms with Gasteiger partial charge in [-0.25, -0.2) is 9.97 Å². The molecule has 1 unspecified atom stereocenters. The average Bonchev–Trinajstić information content (AvgIpc) is 2.77. The van der Waals surface area contributed by atoms with Gasteiger partial charge >= 0.3 is 5.97 Å². The molecule has 88 valence electrons. The standard InChI is InChI=1S/C12H13N3O2/c1-8-3-4-13-11(5-8)15-6-10(14-7-15)9(2)12(16)17/h3-7,9H,1-2H3,(H,16,17). The van der Waals surface area contributed by atoms with Crippen molar-refractivity contribution in [3.63, 3.8) is 0 Å². The topological polar surface area (TPSA) is 68.0 Å². The second kappa shape index (κ2) is 4.37. The fourth-order valence-corrected chi connectivity index (χ4v) is 1.47. The quantitative estimate of drug-likeness (QED) is 0.874. The molecule has 0 aliphatic rings. The first-order valence-corrected chi connectivity index (χ1v) is 5.27. The number of hydrogen-bond donors (Lipinski definition) is 1. The predicted molar refractivity (Wildman–Crippen MR) is 62.1 cm³/mol. The van der Waals surface area contributed by atoms with E-state index in [-0.39, 0.29) is 0 Å². The molecule has 0 spiro atoms. The lowest BCUT2D eigenvalue weighted by atomic mass is 10.1. The lowest BCUT2D eigenvalue weighted by Crippen LogP contribution is -2.07. The van der Waals surface area contributed by atoms with Gasteiger partial charge in [-0.15, -0.1) is 0 Å². The Balaban J connectivity index is 2.33. The van der Waals surface area contributed by atoms with Crippen LogP contribution in [0.2, 0.25) is 0 Å². The van der Waals surface area contributed by atoms with Gasteiger partial charge in [0.15, 0.2) is 0 Å². The smallest absolute Gasteiger partial charge is 0.312 e. The van der Waals surface area contributed by atoms with Gasteiger partial charge < -0.3 is 5.11 Å². The van der Waals surface area contributed by atoms with E-state index in [0.29, 0.717) is 5.69 Å². The van der Waals surface area contributed by atoms with Crippen molar-refractivity contribution in [3.8, 4) is 5.82 Å². The zero-order valence-electron chi connectivity index (χ0n) is 9.66. The summed E-state index contributed by atoms with van der Waals surface area (Å²) in [6.07, 6.45) is 4.99. The lowest BCUT2D eigenvalue weighted by molar-refractivity contribution is -0.138. The number of carboxylic acids is 1. The van der Waals surface area contributed by atoms with Crippen LogP contribution in [0.3, 0.4) is 0 Å². The normalized spacial score (nSPS) is 12.4. The molecule has 2 aromatic heterocycles. The second-order valence-electron chi connectivity index (χ2n) is 3.96. The highest BCUT2D eigenvalue weighted by Crippen LogP contribution is 2.15. The van der Waals surface area contributed by atoms with Crippen molar-refractivity contribution in [2.75, 3.05) is 0 Å². The molecule has 0 radical (unpaired) electrons. The van der Waals surface area contributed by atoms with Crippen molar-refractivity contribution in [3.05, 3.63) is 42.1 Å². The van der Waals surface area contributed by atoms with Gasteiger partial charge in [0.2, 0.25) is 0 Å². The molecule has 0 fully saturated rings. The molecule has 1 N–H and O–H groups in total. The highest BCUT2D eigenvalue weighted by Gasteiger charge is 2.16. The molecule has 5 nitrogen and oxygen atoms in total. The largest absolute Gasteiger partial charge is 0.481 e. The molecular weight excluding hydrogens is 218 g/mol. The third-order valence-electron chi connectivity index (χ3n) is 2.58. The summed E-state index contributed by atoms with van der Waals surface area (Å²) in [7, 11) is 0. The number of aromatic nitrogens is 3. The van der Waals surface area contributed by atoms with Gasteiger partial charge in [0.05, 0.1) is 11.6 Å². The van der Waals surface area contributed by atoms with Crippen molar-refractivity contribution in [1.82, 2.24) is 14.5 Å². The molecule has 0 saturated heterocycles. The van der Waals surface area contributed by atoms with Crippen LogP contribution in [0.25, 0.3) is 5.82 Å². The van der Waals surface area contributed by atoms with Crippen molar-refractivity contribution in [1.29, 1.82) is 0 Å². The third-order valence-corrected chi connectivity index (χ3v) is 2.58. The molecule has 2 heterocycles. The lowest BCUT2D eigenvalue weighted by Gasteiger charge is -2.02. The van der Waals surface area contributed by atoms with Crippen LogP contribution < -0.4 is 0 Å². The molecule has 2 aromatic rings. The van der Waals surface area contributed by atoms with Crippen LogP contribution in [0.5, 0.6) is 0 Å². The summed E-state index contributed by atoms with van der Waals surface area (Å²) in [6, 6.07) is 3.82. The minimum absolute atomic E-state index is 0.529. The Hall–Kier alpha value is -2.17. The molecule has 0 amide bonds. The first kappa shape index (κ1) is 11.3. The number of hydrogen-bond acceptors (Lipinski definition) is 3. The first-order valence-electron chi connectivity index (χ1n) is 5.27. The van der Waals surface area contributed by atoms with E-state index in [2.05, 4.69) is 9.97 Å². The predicted octanol–water partition coefficient (Wildman–Crippen LogP) is 1.76. The molecule has 0 aliphatic heterocycles. The Bertz CT molecular complexity index is 548. The molecular formula is C12H13N3O2. The van der Waals surface area contributed by atoms with Crippen molar-refractivity contribution >= 4 is 5.97 Å². The van der Waals surface area contributed by atoms with E-state index in [1.807, 2.05) is 19.1 Å². The maximum absolute atomic E-state index is 10.8. The Morgan fingerprint density at radius 1 is 1.47 bits per heavy atom. The van der Waals surface area contributed by atoms with Gasteiger partial charge in [0.25, 0.3) is 0 Å². The van der Waals surface area contributed by atoms with E-state index in [1.54, 1.807) is 30.2 Å². The number of carbonyl (C=O) groups is 1. The first-order chi connectivity index (χ1) is 8.08. The van der Waals surface area contributed by atoms with Gasteiger partial charge in [-0.05, 0) is 31.5 Å². The van der Waals surface area contributed by atoms with Gasteiger partial charge in [-0.3, -0.25) is 9.36 Å². The Morgan fingerprint density at radius 2 is 2.24 bits per heavy atom. The van der Waals surface area contributed by atoms with E-state index in [9.17, 15) is 4.79 Å². The Kier molecular flexibility index (Phi) is 2.91. The van der Waals surface area contributed by atoms with E-state index in [4.69, 9.17) is 5.11 Å². The van der Waals surface area contributed by atoms with Crippen LogP contribution >= 0.6 is 0 Å². The fourth-order valence-electron chi connectivity index (χ4n) is 1.47. The van der Waals surface area contributed by atoms with E-state index < -0.39 is 11.9 Å². The zero-order valence-corrected chi connectivity index (χ0v) is 9.66. The summed E-state index contributed by atoms with van der Waals surface area (Å²) < 4.78 is 1.72. The molecule has 1 atom stereocenters. The maximum Gasteiger partial charge on any atom is 0.312 e. The van der Waals surface area contributed by atoms with Crippen LogP contribution in [0.4, 0.5) is 0 Å². The minimum atomic E-state index is -0.882. The maximum atomic E-state index is 10.8. The monoisotopic (exact) mass is 231 g/mol. The molecule has 5 heteroatoms. The number of rotatable bonds is 3. The van der Waals surface area contributed by atoms with E-state index in [0.717, 1.165) is 11.4 Å². The summed E-state index contributed by atoms with van der Waals surface area (Å²) in [5, 5.41) is 8.89. The fraction of sp³-hybridized carbons (Fsp3) is 0.250. The van der Waals surface area contributed by atoms with Crippen molar-refractivity contribution in [2.24, 2.45) is 0 Å². The van der Waals surface area contributed by atoms with Crippen LogP contribution in [-0.2, 0) is 4.79 Å². The highest BCUT2D eigenvalue weighted by molar-refractivity contribution is 5.74. The number of aliphatic carboxylic acids is 1. The molecule has 0 aromatic carbocycles. The average molecular weight is 231 g/mol. The number of pyridine rings is 1. The van der Waals surface area contributed by atoms with Crippen molar-refractivity contribution < 1.29 is 9.90 Å². The molecule has 2 rings (SSSR count). The van der Waals surface area contributed by atoms with Crippen molar-refractivity contribution in [2.45, 2.75) is 19.8 Å². The Labute approximate surface area is 98.8 Å². The summed E-state index contributed by atoms with van der Waals surface area (Å²) in [4.78, 5) is 19.1. The summed E-state index contributed by atoms with van der Waals surface area (Å²) in [6.45, 7) is 3.58. The summed E-state index contributed by atoms with van der Waals surface area (Å²) in [5.74, 6) is -0.755. The van der Waals surface area contributed by atoms with Crippen LogP contribution in [0.1, 0.15) is 24.1 Å². The SMILES string of the molecule is Cc1ccnc(-n2cnc(C(C)C(=O)O)c2)c1.